The zero-order valence-electron chi connectivity index (χ0n) is 19.4. The number of esters is 1. The predicted octanol–water partition coefficient (Wildman–Crippen LogP) is 5.56. The van der Waals surface area contributed by atoms with E-state index in [0.717, 1.165) is 10.4 Å². The molecule has 0 aliphatic carbocycles. The van der Waals surface area contributed by atoms with Gasteiger partial charge < -0.3 is 19.9 Å². The molecule has 7 nitrogen and oxygen atoms in total. The number of halogens is 1. The second-order valence-electron chi connectivity index (χ2n) is 9.31. The molecule has 1 aliphatic rings. The normalized spacial score (nSPS) is 16.2. The number of carbonyl (C=O) groups excluding carboxylic acids is 2. The minimum Gasteiger partial charge on any atom is -0.465 e. The zero-order valence-corrected chi connectivity index (χ0v) is 21.0. The lowest BCUT2D eigenvalue weighted by molar-refractivity contribution is 0.0600. The molecule has 9 heteroatoms. The lowest BCUT2D eigenvalue weighted by atomic mass is 9.81. The highest BCUT2D eigenvalue weighted by Gasteiger charge is 2.42. The summed E-state index contributed by atoms with van der Waals surface area (Å²) in [5, 5.41) is 11.5. The number of carbonyl (C=O) groups is 2. The Kier molecular flexibility index (Phi) is 5.88. The number of nitrogens with zero attached hydrogens (tertiary/aromatic N) is 1. The summed E-state index contributed by atoms with van der Waals surface area (Å²) in [6.07, 6.45) is 0.625. The Morgan fingerprint density at radius 1 is 1.21 bits per heavy atom. The average molecular weight is 488 g/mol. The first kappa shape index (κ1) is 23.5. The van der Waals surface area contributed by atoms with Crippen LogP contribution in [0.3, 0.4) is 0 Å². The highest BCUT2D eigenvalue weighted by Crippen LogP contribution is 2.45. The molecule has 0 unspecified atom stereocenters. The summed E-state index contributed by atoms with van der Waals surface area (Å²) in [5.74, 6) is -0.561. The van der Waals surface area contributed by atoms with Gasteiger partial charge in [-0.2, -0.15) is 0 Å². The fourth-order valence-corrected chi connectivity index (χ4v) is 6.06. The van der Waals surface area contributed by atoms with Crippen LogP contribution in [0.4, 0.5) is 5.00 Å². The molecule has 4 rings (SSSR count). The SMILES string of the molecule is COC(=O)c1c(NC(=O)c2c(-c3ccccc3Cl)noc2C)sc2c1CC(C)(C)NC2(C)C. The van der Waals surface area contributed by atoms with E-state index in [0.29, 0.717) is 39.0 Å². The minimum atomic E-state index is -0.482. The molecule has 33 heavy (non-hydrogen) atoms. The number of aryl methyl sites for hydroxylation is 1. The maximum Gasteiger partial charge on any atom is 0.341 e. The molecule has 0 fully saturated rings. The fourth-order valence-electron chi connectivity index (χ4n) is 4.58. The van der Waals surface area contributed by atoms with E-state index in [-0.39, 0.29) is 16.6 Å². The molecule has 174 valence electrons. The Bertz CT molecular complexity index is 1260. The molecule has 0 bridgehead atoms. The number of amides is 1. The van der Waals surface area contributed by atoms with Gasteiger partial charge in [0.25, 0.3) is 5.91 Å². The molecule has 3 heterocycles. The van der Waals surface area contributed by atoms with Crippen LogP contribution in [0.25, 0.3) is 11.3 Å². The van der Waals surface area contributed by atoms with Gasteiger partial charge in [-0.3, -0.25) is 4.79 Å². The van der Waals surface area contributed by atoms with E-state index < -0.39 is 11.9 Å². The number of methoxy groups -OCH3 is 1. The molecule has 1 aromatic carbocycles. The molecule has 0 saturated heterocycles. The number of hydrogen-bond donors (Lipinski definition) is 2. The number of fused-ring (bicyclic) bond motifs is 1. The first-order valence-corrected chi connectivity index (χ1v) is 11.7. The Morgan fingerprint density at radius 2 is 1.91 bits per heavy atom. The largest absolute Gasteiger partial charge is 0.465 e. The maximum atomic E-state index is 13.5. The number of aromatic nitrogens is 1. The number of hydrogen-bond acceptors (Lipinski definition) is 7. The lowest BCUT2D eigenvalue weighted by Gasteiger charge is -2.42. The minimum absolute atomic E-state index is 0.232. The van der Waals surface area contributed by atoms with Crippen LogP contribution >= 0.6 is 22.9 Å². The van der Waals surface area contributed by atoms with Crippen LogP contribution in [0.5, 0.6) is 0 Å². The van der Waals surface area contributed by atoms with Gasteiger partial charge in [-0.25, -0.2) is 4.79 Å². The summed E-state index contributed by atoms with van der Waals surface area (Å²) < 4.78 is 10.4. The van der Waals surface area contributed by atoms with E-state index in [2.05, 4.69) is 43.5 Å². The van der Waals surface area contributed by atoms with Crippen molar-refractivity contribution in [2.45, 2.75) is 52.1 Å². The van der Waals surface area contributed by atoms with Crippen LogP contribution in [0.2, 0.25) is 5.02 Å². The van der Waals surface area contributed by atoms with Crippen LogP contribution < -0.4 is 10.6 Å². The van der Waals surface area contributed by atoms with Crippen LogP contribution in [0.15, 0.2) is 28.8 Å². The first-order valence-electron chi connectivity index (χ1n) is 10.5. The van der Waals surface area contributed by atoms with Gasteiger partial charge in [0.1, 0.15) is 22.0 Å². The molecule has 1 aliphatic heterocycles. The van der Waals surface area contributed by atoms with Crippen molar-refractivity contribution in [3.8, 4) is 11.3 Å². The molecule has 1 amide bonds. The third kappa shape index (κ3) is 4.18. The number of anilines is 1. The van der Waals surface area contributed by atoms with Crippen molar-refractivity contribution in [3.63, 3.8) is 0 Å². The van der Waals surface area contributed by atoms with E-state index in [1.807, 2.05) is 6.07 Å². The Morgan fingerprint density at radius 3 is 2.58 bits per heavy atom. The lowest BCUT2D eigenvalue weighted by Crippen LogP contribution is -2.55. The summed E-state index contributed by atoms with van der Waals surface area (Å²) in [7, 11) is 1.34. The average Bonchev–Trinajstić information content (AvgIpc) is 3.27. The first-order chi connectivity index (χ1) is 15.4. The summed E-state index contributed by atoms with van der Waals surface area (Å²) in [6.45, 7) is 9.97. The zero-order chi connectivity index (χ0) is 24.1. The molecule has 0 spiro atoms. The van der Waals surface area contributed by atoms with Gasteiger partial charge in [-0.05, 0) is 52.7 Å². The second kappa shape index (κ2) is 8.27. The van der Waals surface area contributed by atoms with Crippen molar-refractivity contribution in [3.05, 3.63) is 56.6 Å². The second-order valence-corrected chi connectivity index (χ2v) is 10.7. The number of nitrogens with one attached hydrogen (secondary N) is 2. The number of benzene rings is 1. The number of thiophene rings is 1. The van der Waals surface area contributed by atoms with Gasteiger partial charge in [0.05, 0.1) is 17.7 Å². The third-order valence-corrected chi connectivity index (χ3v) is 7.48. The van der Waals surface area contributed by atoms with Gasteiger partial charge in [-0.1, -0.05) is 35.0 Å². The summed E-state index contributed by atoms with van der Waals surface area (Å²) >= 11 is 7.72. The topological polar surface area (TPSA) is 93.5 Å². The van der Waals surface area contributed by atoms with E-state index in [9.17, 15) is 9.59 Å². The van der Waals surface area contributed by atoms with Crippen molar-refractivity contribution in [2.75, 3.05) is 12.4 Å². The molecule has 2 N–H and O–H groups in total. The van der Waals surface area contributed by atoms with Crippen LogP contribution in [0, 0.1) is 6.92 Å². The smallest absolute Gasteiger partial charge is 0.341 e. The van der Waals surface area contributed by atoms with Crippen LogP contribution in [-0.2, 0) is 16.7 Å². The van der Waals surface area contributed by atoms with Crippen molar-refractivity contribution < 1.29 is 18.8 Å². The Balaban J connectivity index is 1.80. The van der Waals surface area contributed by atoms with Crippen LogP contribution in [-0.4, -0.2) is 29.7 Å². The molecule has 0 atom stereocenters. The van der Waals surface area contributed by atoms with Gasteiger partial charge in [0.2, 0.25) is 0 Å². The van der Waals surface area contributed by atoms with Gasteiger partial charge >= 0.3 is 5.97 Å². The molecular formula is C24H26ClN3O4S. The summed E-state index contributed by atoms with van der Waals surface area (Å²) in [4.78, 5) is 27.3. The standard InChI is InChI=1S/C24H26ClN3O4S/c1-12-16(18(27-32-12)13-9-7-8-10-15(13)25)20(29)26-21-17(22(30)31-6)14-11-23(2,3)28-24(4,5)19(14)33-21/h7-10,28H,11H2,1-6H3,(H,26,29). The van der Waals surface area contributed by atoms with Gasteiger partial charge in [0.15, 0.2) is 0 Å². The highest BCUT2D eigenvalue weighted by atomic mass is 35.5. The van der Waals surface area contributed by atoms with Crippen molar-refractivity contribution >= 4 is 39.8 Å². The van der Waals surface area contributed by atoms with Crippen LogP contribution in [0.1, 0.15) is 64.6 Å². The Labute approximate surface area is 201 Å². The van der Waals surface area contributed by atoms with E-state index in [1.165, 1.54) is 18.4 Å². The highest BCUT2D eigenvalue weighted by molar-refractivity contribution is 7.17. The van der Waals surface area contributed by atoms with E-state index >= 15 is 0 Å². The molecule has 3 aromatic rings. The quantitative estimate of drug-likeness (QED) is 0.468. The van der Waals surface area contributed by atoms with Gasteiger partial charge in [0, 0.05) is 21.5 Å². The monoisotopic (exact) mass is 487 g/mol. The number of ether oxygens (including phenoxy) is 1. The number of rotatable bonds is 4. The maximum absolute atomic E-state index is 13.5. The van der Waals surface area contributed by atoms with Crippen molar-refractivity contribution in [1.82, 2.24) is 10.5 Å². The van der Waals surface area contributed by atoms with E-state index in [4.69, 9.17) is 20.9 Å². The summed E-state index contributed by atoms with van der Waals surface area (Å²) in [6, 6.07) is 7.11. The fraction of sp³-hybridized carbons (Fsp3) is 0.375. The Hall–Kier alpha value is -2.68. The molecule has 2 aromatic heterocycles. The van der Waals surface area contributed by atoms with Crippen molar-refractivity contribution in [2.24, 2.45) is 0 Å². The van der Waals surface area contributed by atoms with E-state index in [1.54, 1.807) is 25.1 Å². The predicted molar refractivity (Wildman–Crippen MR) is 129 cm³/mol. The molecular weight excluding hydrogens is 462 g/mol. The molecule has 0 radical (unpaired) electrons. The van der Waals surface area contributed by atoms with Gasteiger partial charge in [-0.15, -0.1) is 11.3 Å². The van der Waals surface area contributed by atoms with Crippen molar-refractivity contribution in [1.29, 1.82) is 0 Å². The molecule has 0 saturated carbocycles. The third-order valence-electron chi connectivity index (χ3n) is 5.68. The summed E-state index contributed by atoms with van der Waals surface area (Å²) in [5.41, 5.74) is 1.87.